The van der Waals surface area contributed by atoms with Gasteiger partial charge in [0, 0.05) is 30.6 Å². The molecule has 2 heterocycles. The molecule has 2 unspecified atom stereocenters. The van der Waals surface area contributed by atoms with Gasteiger partial charge in [-0.1, -0.05) is 12.8 Å². The van der Waals surface area contributed by atoms with Gasteiger partial charge in [-0.2, -0.15) is 13.2 Å². The second kappa shape index (κ2) is 8.65. The van der Waals surface area contributed by atoms with E-state index >= 15 is 0 Å². The standard InChI is InChI=1S/C19H23F3N4O/c20-19(21,22)16-11-17(26-18(25-16)14-7-3-9-23-12-14)24-10-4-6-13-5-1-2-8-15(13)27/h3,7,9,11-13,15,27H,1-2,4-6,8,10H2,(H,24,25,26). The van der Waals surface area contributed by atoms with E-state index in [9.17, 15) is 18.3 Å². The molecule has 2 aromatic rings. The van der Waals surface area contributed by atoms with Crippen LogP contribution in [0.15, 0.2) is 30.6 Å². The maximum absolute atomic E-state index is 13.2. The highest BCUT2D eigenvalue weighted by atomic mass is 19.4. The van der Waals surface area contributed by atoms with E-state index in [0.717, 1.165) is 44.6 Å². The highest BCUT2D eigenvalue weighted by Gasteiger charge is 2.34. The number of nitrogens with one attached hydrogen (secondary N) is 1. The van der Waals surface area contributed by atoms with Crippen LogP contribution in [0.1, 0.15) is 44.2 Å². The van der Waals surface area contributed by atoms with Crippen LogP contribution < -0.4 is 5.32 Å². The molecule has 0 aliphatic heterocycles. The molecular formula is C19H23F3N4O. The van der Waals surface area contributed by atoms with Gasteiger partial charge in [-0.25, -0.2) is 9.97 Å². The summed E-state index contributed by atoms with van der Waals surface area (Å²) in [4.78, 5) is 11.8. The van der Waals surface area contributed by atoms with Crippen molar-refractivity contribution in [2.75, 3.05) is 11.9 Å². The van der Waals surface area contributed by atoms with Crippen LogP contribution in [-0.2, 0) is 6.18 Å². The number of hydrogen-bond donors (Lipinski definition) is 2. The molecule has 0 spiro atoms. The van der Waals surface area contributed by atoms with Crippen LogP contribution in [0.3, 0.4) is 0 Å². The summed E-state index contributed by atoms with van der Waals surface area (Å²) in [6.45, 7) is 0.490. The topological polar surface area (TPSA) is 70.9 Å². The zero-order valence-electron chi connectivity index (χ0n) is 14.9. The molecule has 1 fully saturated rings. The number of anilines is 1. The SMILES string of the molecule is OC1CCCCC1CCCNc1cc(C(F)(F)F)nc(-c2cccnc2)n1. The first kappa shape index (κ1) is 19.5. The second-order valence-electron chi connectivity index (χ2n) is 6.88. The van der Waals surface area contributed by atoms with Crippen molar-refractivity contribution in [2.45, 2.75) is 50.8 Å². The zero-order chi connectivity index (χ0) is 19.3. The summed E-state index contributed by atoms with van der Waals surface area (Å²) in [6.07, 6.45) is 3.81. The van der Waals surface area contributed by atoms with Crippen LogP contribution >= 0.6 is 0 Å². The lowest BCUT2D eigenvalue weighted by atomic mass is 9.83. The van der Waals surface area contributed by atoms with Crippen LogP contribution in [0.4, 0.5) is 19.0 Å². The lowest BCUT2D eigenvalue weighted by Crippen LogP contribution is -2.24. The summed E-state index contributed by atoms with van der Waals surface area (Å²) >= 11 is 0. The van der Waals surface area contributed by atoms with E-state index < -0.39 is 11.9 Å². The molecule has 2 N–H and O–H groups in total. The van der Waals surface area contributed by atoms with Gasteiger partial charge < -0.3 is 10.4 Å². The Morgan fingerprint density at radius 2 is 2.00 bits per heavy atom. The highest BCUT2D eigenvalue weighted by molar-refractivity contribution is 5.56. The number of pyridine rings is 1. The molecule has 1 aliphatic carbocycles. The van der Waals surface area contributed by atoms with Gasteiger partial charge in [0.1, 0.15) is 5.82 Å². The maximum atomic E-state index is 13.2. The quantitative estimate of drug-likeness (QED) is 0.731. The third-order valence-electron chi connectivity index (χ3n) is 4.86. The molecule has 0 amide bonds. The third-order valence-corrected chi connectivity index (χ3v) is 4.86. The minimum absolute atomic E-state index is 0.0110. The lowest BCUT2D eigenvalue weighted by molar-refractivity contribution is -0.141. The number of nitrogens with zero attached hydrogens (tertiary/aromatic N) is 3. The molecule has 0 saturated heterocycles. The fourth-order valence-electron chi connectivity index (χ4n) is 3.41. The number of aliphatic hydroxyl groups is 1. The lowest BCUT2D eigenvalue weighted by Gasteiger charge is -2.27. The van der Waals surface area contributed by atoms with E-state index in [-0.39, 0.29) is 23.7 Å². The zero-order valence-corrected chi connectivity index (χ0v) is 14.9. The van der Waals surface area contributed by atoms with Gasteiger partial charge >= 0.3 is 6.18 Å². The van der Waals surface area contributed by atoms with E-state index in [1.165, 1.54) is 12.4 Å². The number of rotatable bonds is 6. The molecule has 27 heavy (non-hydrogen) atoms. The summed E-state index contributed by atoms with van der Waals surface area (Å²) in [5.41, 5.74) is -0.557. The van der Waals surface area contributed by atoms with Gasteiger partial charge in [-0.05, 0) is 43.7 Å². The van der Waals surface area contributed by atoms with Gasteiger partial charge in [-0.15, -0.1) is 0 Å². The molecule has 1 saturated carbocycles. The molecule has 2 aromatic heterocycles. The predicted molar refractivity (Wildman–Crippen MR) is 96.0 cm³/mol. The van der Waals surface area contributed by atoms with Crippen LogP contribution in [0, 0.1) is 5.92 Å². The molecule has 1 aliphatic rings. The molecule has 3 rings (SSSR count). The summed E-state index contributed by atoms with van der Waals surface area (Å²) in [7, 11) is 0. The van der Waals surface area contributed by atoms with E-state index in [2.05, 4.69) is 20.3 Å². The number of aromatic nitrogens is 3. The Labute approximate surface area is 156 Å². The number of hydrogen-bond acceptors (Lipinski definition) is 5. The molecule has 0 aromatic carbocycles. The van der Waals surface area contributed by atoms with Crippen molar-refractivity contribution >= 4 is 5.82 Å². The molecule has 0 radical (unpaired) electrons. The monoisotopic (exact) mass is 380 g/mol. The number of alkyl halides is 3. The molecule has 0 bridgehead atoms. The van der Waals surface area contributed by atoms with Crippen LogP contribution in [0.25, 0.3) is 11.4 Å². The number of aliphatic hydroxyl groups excluding tert-OH is 1. The Morgan fingerprint density at radius 3 is 2.70 bits per heavy atom. The number of halogens is 3. The van der Waals surface area contributed by atoms with E-state index in [1.807, 2.05) is 0 Å². The van der Waals surface area contributed by atoms with Gasteiger partial charge in [0.2, 0.25) is 0 Å². The highest BCUT2D eigenvalue weighted by Crippen LogP contribution is 2.31. The fourth-order valence-corrected chi connectivity index (χ4v) is 3.41. The minimum atomic E-state index is -4.55. The first-order valence-corrected chi connectivity index (χ1v) is 9.22. The van der Waals surface area contributed by atoms with E-state index in [0.29, 0.717) is 12.1 Å². The molecule has 146 valence electrons. The summed E-state index contributed by atoms with van der Waals surface area (Å²) in [6, 6.07) is 4.17. The Morgan fingerprint density at radius 1 is 1.19 bits per heavy atom. The average molecular weight is 380 g/mol. The minimum Gasteiger partial charge on any atom is -0.393 e. The van der Waals surface area contributed by atoms with Crippen molar-refractivity contribution in [2.24, 2.45) is 5.92 Å². The van der Waals surface area contributed by atoms with Crippen molar-refractivity contribution < 1.29 is 18.3 Å². The fraction of sp³-hybridized carbons (Fsp3) is 0.526. The Bertz CT molecular complexity index is 739. The van der Waals surface area contributed by atoms with Crippen molar-refractivity contribution in [3.8, 4) is 11.4 Å². The van der Waals surface area contributed by atoms with E-state index in [4.69, 9.17) is 0 Å². The van der Waals surface area contributed by atoms with Gasteiger partial charge in [-0.3, -0.25) is 4.98 Å². The Balaban J connectivity index is 1.67. The normalized spacial score (nSPS) is 20.4. The van der Waals surface area contributed by atoms with Crippen LogP contribution in [0.5, 0.6) is 0 Å². The Kier molecular flexibility index (Phi) is 6.26. The van der Waals surface area contributed by atoms with Crippen LogP contribution in [-0.4, -0.2) is 32.7 Å². The smallest absolute Gasteiger partial charge is 0.393 e. The maximum Gasteiger partial charge on any atom is 0.433 e. The van der Waals surface area contributed by atoms with Crippen molar-refractivity contribution in [1.82, 2.24) is 15.0 Å². The third kappa shape index (κ3) is 5.38. The second-order valence-corrected chi connectivity index (χ2v) is 6.88. The van der Waals surface area contributed by atoms with Crippen molar-refractivity contribution in [3.05, 3.63) is 36.3 Å². The van der Waals surface area contributed by atoms with E-state index in [1.54, 1.807) is 12.1 Å². The molecule has 5 nitrogen and oxygen atoms in total. The summed E-state index contributed by atoms with van der Waals surface area (Å²) in [5.74, 6) is 0.408. The van der Waals surface area contributed by atoms with Gasteiger partial charge in [0.15, 0.2) is 11.5 Å². The predicted octanol–water partition coefficient (Wildman–Crippen LogP) is 4.30. The van der Waals surface area contributed by atoms with Gasteiger partial charge in [0.25, 0.3) is 0 Å². The first-order valence-electron chi connectivity index (χ1n) is 9.22. The average Bonchev–Trinajstić information content (AvgIpc) is 2.66. The first-order chi connectivity index (χ1) is 12.9. The molecule has 8 heteroatoms. The summed E-state index contributed by atoms with van der Waals surface area (Å²) < 4.78 is 39.5. The molecule has 2 atom stereocenters. The molecular weight excluding hydrogens is 357 g/mol. The largest absolute Gasteiger partial charge is 0.433 e. The van der Waals surface area contributed by atoms with Crippen molar-refractivity contribution in [1.29, 1.82) is 0 Å². The van der Waals surface area contributed by atoms with Gasteiger partial charge in [0.05, 0.1) is 6.10 Å². The summed E-state index contributed by atoms with van der Waals surface area (Å²) in [5, 5.41) is 13.0. The van der Waals surface area contributed by atoms with Crippen molar-refractivity contribution in [3.63, 3.8) is 0 Å². The van der Waals surface area contributed by atoms with Crippen LogP contribution in [0.2, 0.25) is 0 Å². The Hall–Kier alpha value is -2.22.